The number of nitrogens with one attached hydrogen (secondary N) is 2. The Bertz CT molecular complexity index is 2630. The molecular formula is C55H55N3. The summed E-state index contributed by atoms with van der Waals surface area (Å²) in [6, 6.07) is 29.4. The van der Waals surface area contributed by atoms with Crippen molar-refractivity contribution < 1.29 is 0 Å². The molecule has 0 radical (unpaired) electrons. The maximum absolute atomic E-state index is 4.49. The largest absolute Gasteiger partial charge is 0.316 e. The molecule has 0 amide bonds. The molecule has 3 aliphatic carbocycles. The van der Waals surface area contributed by atoms with Crippen molar-refractivity contribution in [1.82, 2.24) is 15.2 Å². The van der Waals surface area contributed by atoms with Gasteiger partial charge in [0.25, 0.3) is 0 Å². The van der Waals surface area contributed by atoms with Gasteiger partial charge < -0.3 is 15.2 Å². The number of nitrogens with zero attached hydrogens (tertiary/aromatic N) is 1. The molecule has 0 saturated carbocycles. The first-order valence-corrected chi connectivity index (χ1v) is 21.0. The highest BCUT2D eigenvalue weighted by Crippen LogP contribution is 2.49. The molecule has 3 nitrogen and oxygen atoms in total. The Morgan fingerprint density at radius 1 is 0.862 bits per heavy atom. The van der Waals surface area contributed by atoms with Gasteiger partial charge in [0, 0.05) is 36.0 Å². The highest BCUT2D eigenvalue weighted by atomic mass is 15.0. The highest BCUT2D eigenvalue weighted by Gasteiger charge is 2.29. The average Bonchev–Trinajstić information content (AvgIpc) is 3.81. The fourth-order valence-corrected chi connectivity index (χ4v) is 8.95. The molecule has 290 valence electrons. The first-order valence-electron chi connectivity index (χ1n) is 21.0. The van der Waals surface area contributed by atoms with E-state index >= 15 is 0 Å². The van der Waals surface area contributed by atoms with Gasteiger partial charge in [-0.05, 0) is 138 Å². The second kappa shape index (κ2) is 18.1. The minimum absolute atomic E-state index is 0.185. The van der Waals surface area contributed by atoms with Crippen LogP contribution in [0.15, 0.2) is 182 Å². The van der Waals surface area contributed by atoms with Gasteiger partial charge in [-0.25, -0.2) is 0 Å². The van der Waals surface area contributed by atoms with Gasteiger partial charge in [0.05, 0.1) is 17.1 Å². The van der Waals surface area contributed by atoms with Crippen molar-refractivity contribution in [3.63, 3.8) is 0 Å². The molecule has 8 rings (SSSR count). The molecule has 2 N–H and O–H groups in total. The molecule has 0 saturated heterocycles. The van der Waals surface area contributed by atoms with E-state index in [4.69, 9.17) is 0 Å². The van der Waals surface area contributed by atoms with Crippen molar-refractivity contribution in [2.75, 3.05) is 20.1 Å². The molecule has 1 atom stereocenters. The van der Waals surface area contributed by atoms with Crippen LogP contribution in [0.5, 0.6) is 0 Å². The van der Waals surface area contributed by atoms with Crippen LogP contribution in [0.4, 0.5) is 0 Å². The second-order valence-electron chi connectivity index (χ2n) is 15.5. The number of fused-ring (bicyclic) bond motifs is 6. The minimum atomic E-state index is 0.185. The summed E-state index contributed by atoms with van der Waals surface area (Å²) in [4.78, 5) is 0. The summed E-state index contributed by atoms with van der Waals surface area (Å²) in [6.45, 7) is 10.3. The predicted molar refractivity (Wildman–Crippen MR) is 252 cm³/mol. The van der Waals surface area contributed by atoms with E-state index in [-0.39, 0.29) is 6.04 Å². The second-order valence-corrected chi connectivity index (χ2v) is 15.5. The van der Waals surface area contributed by atoms with E-state index in [1.54, 1.807) is 0 Å². The number of rotatable bonds is 14. The van der Waals surface area contributed by atoms with Crippen LogP contribution in [0.2, 0.25) is 0 Å². The molecule has 1 heterocycles. The highest BCUT2D eigenvalue weighted by molar-refractivity contribution is 6.19. The van der Waals surface area contributed by atoms with Gasteiger partial charge in [-0.15, -0.1) is 0 Å². The van der Waals surface area contributed by atoms with Crippen LogP contribution < -0.4 is 10.6 Å². The molecule has 3 heteroatoms. The molecule has 1 unspecified atom stereocenters. The molecule has 3 aliphatic rings. The van der Waals surface area contributed by atoms with Crippen LogP contribution in [0.3, 0.4) is 0 Å². The van der Waals surface area contributed by atoms with Gasteiger partial charge in [-0.2, -0.15) is 0 Å². The zero-order valence-electron chi connectivity index (χ0n) is 34.3. The van der Waals surface area contributed by atoms with E-state index in [2.05, 4.69) is 187 Å². The molecule has 5 aromatic rings. The SMILES string of the molecule is C=C(/C=C\C=C/C)c1cc(-c2cc3c(c4c2c2ccccc2n4C(/C=C\CNC)=C/C=C/CNC(C2=CC=CCC2)c2ccccc2)CC2=C3CCC=C2)ccc1C. The molecule has 0 bridgehead atoms. The normalized spacial score (nSPS) is 16.2. The van der Waals surface area contributed by atoms with Gasteiger partial charge in [-0.3, -0.25) is 0 Å². The lowest BCUT2D eigenvalue weighted by molar-refractivity contribution is 0.615. The molecule has 1 aromatic heterocycles. The van der Waals surface area contributed by atoms with Crippen LogP contribution in [0.25, 0.3) is 49.8 Å². The van der Waals surface area contributed by atoms with E-state index in [0.29, 0.717) is 0 Å². The fraction of sp³-hybridized carbons (Fsp3) is 0.200. The lowest BCUT2D eigenvalue weighted by Crippen LogP contribution is -2.23. The van der Waals surface area contributed by atoms with Gasteiger partial charge in [0.15, 0.2) is 0 Å². The molecule has 58 heavy (non-hydrogen) atoms. The van der Waals surface area contributed by atoms with Gasteiger partial charge in [0.1, 0.15) is 0 Å². The summed E-state index contributed by atoms with van der Waals surface area (Å²) >= 11 is 0. The smallest absolute Gasteiger partial charge is 0.0588 e. The standard InChI is InChI=1S/C55H55N3/c1-5-6-9-21-39(2)48-36-44(33-32-40(48)3)49-38-50-46-29-15-14-26-43(46)37-51(50)55-53(49)47-30-16-17-31-52(47)58(55)45(28-20-34-56-4)27-18-19-35-57-54(41-22-10-7-11-23-41)42-24-12-8-13-25-42/h5-12,14,16-24,26-28,30-33,36,38,54,56-57H,2,13,15,25,29,34-35,37H2,1,3-4H3/b6-5-,19-18+,21-9-,28-20-,45-27+. The average molecular weight is 758 g/mol. The number of benzene rings is 4. The zero-order valence-corrected chi connectivity index (χ0v) is 34.3. The fourth-order valence-electron chi connectivity index (χ4n) is 8.95. The number of allylic oxidation sites excluding steroid dienone is 16. The van der Waals surface area contributed by atoms with Gasteiger partial charge >= 0.3 is 0 Å². The lowest BCUT2D eigenvalue weighted by atomic mass is 9.89. The van der Waals surface area contributed by atoms with Crippen LogP contribution in [0, 0.1) is 6.92 Å². The number of aromatic nitrogens is 1. The molecule has 0 spiro atoms. The first-order chi connectivity index (χ1) is 28.6. The van der Waals surface area contributed by atoms with E-state index in [1.807, 2.05) is 20.0 Å². The number of para-hydroxylation sites is 1. The number of likely N-dealkylation sites (N-methyl/N-ethyl adjacent to an activating group) is 1. The van der Waals surface area contributed by atoms with E-state index in [1.165, 1.54) is 77.5 Å². The van der Waals surface area contributed by atoms with Crippen molar-refractivity contribution in [3.8, 4) is 11.1 Å². The summed E-state index contributed by atoms with van der Waals surface area (Å²) in [6.07, 6.45) is 36.4. The van der Waals surface area contributed by atoms with Crippen molar-refractivity contribution >= 4 is 38.6 Å². The van der Waals surface area contributed by atoms with Crippen LogP contribution in [0.1, 0.15) is 66.5 Å². The predicted octanol–water partition coefficient (Wildman–Crippen LogP) is 13.4. The lowest BCUT2D eigenvalue weighted by Gasteiger charge is -2.23. The Labute approximate surface area is 345 Å². The van der Waals surface area contributed by atoms with E-state index in [0.717, 1.165) is 56.5 Å². The van der Waals surface area contributed by atoms with Crippen LogP contribution >= 0.6 is 0 Å². The Morgan fingerprint density at radius 2 is 1.71 bits per heavy atom. The Kier molecular flexibility index (Phi) is 12.1. The monoisotopic (exact) mass is 757 g/mol. The summed E-state index contributed by atoms with van der Waals surface area (Å²) < 4.78 is 2.54. The third-order valence-corrected chi connectivity index (χ3v) is 11.8. The zero-order chi connectivity index (χ0) is 39.8. The van der Waals surface area contributed by atoms with Crippen molar-refractivity contribution in [3.05, 3.63) is 209 Å². The van der Waals surface area contributed by atoms with Crippen molar-refractivity contribution in [2.45, 2.75) is 52.0 Å². The van der Waals surface area contributed by atoms with Crippen molar-refractivity contribution in [1.29, 1.82) is 0 Å². The van der Waals surface area contributed by atoms with Crippen LogP contribution in [-0.2, 0) is 6.42 Å². The Hall–Kier alpha value is -6.00. The number of hydrogen-bond acceptors (Lipinski definition) is 2. The van der Waals surface area contributed by atoms with E-state index < -0.39 is 0 Å². The minimum Gasteiger partial charge on any atom is -0.316 e. The molecule has 0 aliphatic heterocycles. The van der Waals surface area contributed by atoms with Gasteiger partial charge in [-0.1, -0.05) is 140 Å². The number of hydrogen-bond donors (Lipinski definition) is 2. The third-order valence-electron chi connectivity index (χ3n) is 11.8. The maximum Gasteiger partial charge on any atom is 0.0588 e. The van der Waals surface area contributed by atoms with Crippen LogP contribution in [-0.4, -0.2) is 24.7 Å². The maximum atomic E-state index is 4.49. The topological polar surface area (TPSA) is 29.0 Å². The third kappa shape index (κ3) is 7.94. The first kappa shape index (κ1) is 38.9. The molecule has 4 aromatic carbocycles. The summed E-state index contributed by atoms with van der Waals surface area (Å²) in [5.74, 6) is 0. The summed E-state index contributed by atoms with van der Waals surface area (Å²) in [5, 5.41) is 9.77. The van der Waals surface area contributed by atoms with Gasteiger partial charge in [0.2, 0.25) is 0 Å². The summed E-state index contributed by atoms with van der Waals surface area (Å²) in [7, 11) is 2.00. The van der Waals surface area contributed by atoms with Crippen molar-refractivity contribution in [2.24, 2.45) is 0 Å². The van der Waals surface area contributed by atoms with E-state index in [9.17, 15) is 0 Å². The molecule has 0 fully saturated rings. The Morgan fingerprint density at radius 3 is 2.53 bits per heavy atom. The summed E-state index contributed by atoms with van der Waals surface area (Å²) in [5.41, 5.74) is 18.1. The quantitative estimate of drug-likeness (QED) is 0.110. The number of aryl methyl sites for hydroxylation is 1. The Balaban J connectivity index is 1.27. The molecular weight excluding hydrogens is 703 g/mol.